The standard InChI is InChI=1S/C22H20N4O4S/c1-28-18-5-3-4-6-19(18)30-12-17-16(11-23)20(24)26-22(25-17)31-13-14-7-9-15(10-8-14)21(27)29-2/h3-10H,12-13H2,1-2H3,(H2,24,25,26). The highest BCUT2D eigenvalue weighted by molar-refractivity contribution is 7.98. The summed E-state index contributed by atoms with van der Waals surface area (Å²) in [5.41, 5.74) is 8.00. The molecule has 0 spiro atoms. The van der Waals surface area contributed by atoms with Gasteiger partial charge in [0, 0.05) is 5.75 Å². The van der Waals surface area contributed by atoms with Gasteiger partial charge < -0.3 is 19.9 Å². The number of nitrogens with two attached hydrogens (primary N) is 1. The molecule has 0 saturated carbocycles. The zero-order valence-corrected chi connectivity index (χ0v) is 17.8. The number of nitrogen functional groups attached to an aromatic ring is 1. The number of aromatic nitrogens is 2. The summed E-state index contributed by atoms with van der Waals surface area (Å²) in [4.78, 5) is 20.2. The SMILES string of the molecule is COC(=O)c1ccc(CSc2nc(N)c(C#N)c(COc3ccccc3OC)n2)cc1. The van der Waals surface area contributed by atoms with Crippen LogP contribution in [-0.2, 0) is 17.1 Å². The monoisotopic (exact) mass is 436 g/mol. The molecule has 1 heterocycles. The molecule has 9 heteroatoms. The number of ether oxygens (including phenoxy) is 3. The molecule has 0 fully saturated rings. The minimum Gasteiger partial charge on any atom is -0.493 e. The highest BCUT2D eigenvalue weighted by atomic mass is 32.2. The van der Waals surface area contributed by atoms with E-state index in [2.05, 4.69) is 9.97 Å². The van der Waals surface area contributed by atoms with Gasteiger partial charge in [-0.15, -0.1) is 0 Å². The number of esters is 1. The lowest BCUT2D eigenvalue weighted by atomic mass is 10.1. The molecule has 0 atom stereocenters. The van der Waals surface area contributed by atoms with Gasteiger partial charge in [0.05, 0.1) is 19.8 Å². The first kappa shape index (κ1) is 21.9. The number of anilines is 1. The summed E-state index contributed by atoms with van der Waals surface area (Å²) >= 11 is 1.36. The van der Waals surface area contributed by atoms with Crippen LogP contribution in [0.3, 0.4) is 0 Å². The van der Waals surface area contributed by atoms with E-state index < -0.39 is 0 Å². The predicted octanol–water partition coefficient (Wildman–Crippen LogP) is 3.60. The lowest BCUT2D eigenvalue weighted by Gasteiger charge is -2.12. The van der Waals surface area contributed by atoms with Crippen LogP contribution in [0, 0.1) is 11.3 Å². The lowest BCUT2D eigenvalue weighted by Crippen LogP contribution is -2.08. The van der Waals surface area contributed by atoms with Gasteiger partial charge in [0.2, 0.25) is 0 Å². The number of carbonyl (C=O) groups excluding carboxylic acids is 1. The average molecular weight is 436 g/mol. The first-order chi connectivity index (χ1) is 15.0. The molecule has 0 amide bonds. The molecule has 2 N–H and O–H groups in total. The first-order valence-electron chi connectivity index (χ1n) is 9.18. The molecule has 158 valence electrons. The second-order valence-electron chi connectivity index (χ2n) is 6.24. The lowest BCUT2D eigenvalue weighted by molar-refractivity contribution is 0.0600. The van der Waals surface area contributed by atoms with E-state index in [1.165, 1.54) is 18.9 Å². The molecule has 0 radical (unpaired) electrons. The summed E-state index contributed by atoms with van der Waals surface area (Å²) in [7, 11) is 2.89. The number of nitriles is 1. The number of thioether (sulfide) groups is 1. The Balaban J connectivity index is 1.74. The van der Waals surface area contributed by atoms with Gasteiger partial charge in [-0.1, -0.05) is 36.0 Å². The van der Waals surface area contributed by atoms with Crippen LogP contribution in [0.5, 0.6) is 11.5 Å². The van der Waals surface area contributed by atoms with Crippen molar-refractivity contribution in [1.29, 1.82) is 5.26 Å². The van der Waals surface area contributed by atoms with Crippen molar-refractivity contribution in [2.45, 2.75) is 17.5 Å². The Kier molecular flexibility index (Phi) is 7.30. The fraction of sp³-hybridized carbons (Fsp3) is 0.182. The molecule has 3 rings (SSSR count). The molecule has 3 aromatic rings. The number of carbonyl (C=O) groups is 1. The van der Waals surface area contributed by atoms with E-state index in [0.717, 1.165) is 5.56 Å². The maximum Gasteiger partial charge on any atom is 0.337 e. The van der Waals surface area contributed by atoms with Crippen molar-refractivity contribution in [3.8, 4) is 17.6 Å². The molecular formula is C22H20N4O4S. The Bertz CT molecular complexity index is 1110. The molecule has 2 aromatic carbocycles. The van der Waals surface area contributed by atoms with E-state index >= 15 is 0 Å². The predicted molar refractivity (Wildman–Crippen MR) is 116 cm³/mol. The van der Waals surface area contributed by atoms with Crippen LogP contribution in [0.25, 0.3) is 0 Å². The van der Waals surface area contributed by atoms with Crippen molar-refractivity contribution in [2.24, 2.45) is 0 Å². The summed E-state index contributed by atoms with van der Waals surface area (Å²) in [5, 5.41) is 9.88. The fourth-order valence-corrected chi connectivity index (χ4v) is 3.51. The number of rotatable bonds is 8. The third kappa shape index (κ3) is 5.43. The fourth-order valence-electron chi connectivity index (χ4n) is 2.68. The molecule has 1 aromatic heterocycles. The van der Waals surface area contributed by atoms with Crippen LogP contribution in [0.15, 0.2) is 53.7 Å². The number of hydrogen-bond acceptors (Lipinski definition) is 9. The summed E-state index contributed by atoms with van der Waals surface area (Å²) in [6.45, 7) is 0.0391. The Hall–Kier alpha value is -3.77. The van der Waals surface area contributed by atoms with Crippen molar-refractivity contribution < 1.29 is 19.0 Å². The van der Waals surface area contributed by atoms with Gasteiger partial charge in [-0.2, -0.15) is 5.26 Å². The normalized spacial score (nSPS) is 10.2. The van der Waals surface area contributed by atoms with Gasteiger partial charge in [-0.25, -0.2) is 14.8 Å². The van der Waals surface area contributed by atoms with E-state index in [9.17, 15) is 10.1 Å². The van der Waals surface area contributed by atoms with Crippen LogP contribution < -0.4 is 15.2 Å². The zero-order chi connectivity index (χ0) is 22.2. The molecule has 0 aliphatic carbocycles. The molecule has 0 aliphatic heterocycles. The van der Waals surface area contributed by atoms with Gasteiger partial charge in [-0.3, -0.25) is 0 Å². The molecule has 8 nitrogen and oxygen atoms in total. The number of para-hydroxylation sites is 2. The Morgan fingerprint density at radius 1 is 1.10 bits per heavy atom. The Morgan fingerprint density at radius 3 is 2.45 bits per heavy atom. The van der Waals surface area contributed by atoms with Crippen LogP contribution >= 0.6 is 11.8 Å². The number of methoxy groups -OCH3 is 2. The number of benzene rings is 2. The third-order valence-electron chi connectivity index (χ3n) is 4.28. The van der Waals surface area contributed by atoms with Crippen molar-refractivity contribution in [2.75, 3.05) is 20.0 Å². The quantitative estimate of drug-likeness (QED) is 0.321. The third-order valence-corrected chi connectivity index (χ3v) is 5.20. The zero-order valence-electron chi connectivity index (χ0n) is 17.0. The first-order valence-corrected chi connectivity index (χ1v) is 10.2. The van der Waals surface area contributed by atoms with Gasteiger partial charge in [0.1, 0.15) is 29.8 Å². The van der Waals surface area contributed by atoms with Crippen molar-refractivity contribution in [3.63, 3.8) is 0 Å². The van der Waals surface area contributed by atoms with E-state index in [1.54, 1.807) is 31.4 Å². The Morgan fingerprint density at radius 2 is 1.81 bits per heavy atom. The second-order valence-corrected chi connectivity index (χ2v) is 7.18. The Labute approximate surface area is 184 Å². The van der Waals surface area contributed by atoms with E-state index in [-0.39, 0.29) is 24.0 Å². The molecule has 0 bridgehead atoms. The maximum atomic E-state index is 11.5. The summed E-state index contributed by atoms with van der Waals surface area (Å²) in [6.07, 6.45) is 0. The van der Waals surface area contributed by atoms with Crippen molar-refractivity contribution in [1.82, 2.24) is 9.97 Å². The maximum absolute atomic E-state index is 11.5. The minimum atomic E-state index is -0.387. The van der Waals surface area contributed by atoms with Crippen LogP contribution in [-0.4, -0.2) is 30.2 Å². The van der Waals surface area contributed by atoms with Crippen LogP contribution in [0.2, 0.25) is 0 Å². The van der Waals surface area contributed by atoms with Gasteiger partial charge in [-0.05, 0) is 29.8 Å². The number of hydrogen-bond donors (Lipinski definition) is 1. The summed E-state index contributed by atoms with van der Waals surface area (Å²) in [5.74, 6) is 1.38. The molecule has 31 heavy (non-hydrogen) atoms. The minimum absolute atomic E-state index is 0.0391. The topological polar surface area (TPSA) is 120 Å². The smallest absolute Gasteiger partial charge is 0.337 e. The van der Waals surface area contributed by atoms with E-state index in [4.69, 9.17) is 19.9 Å². The molecular weight excluding hydrogens is 416 g/mol. The molecule has 0 aliphatic rings. The second kappa shape index (κ2) is 10.3. The molecule has 0 saturated heterocycles. The van der Waals surface area contributed by atoms with E-state index in [1.807, 2.05) is 30.3 Å². The summed E-state index contributed by atoms with van der Waals surface area (Å²) in [6, 6.07) is 16.3. The summed E-state index contributed by atoms with van der Waals surface area (Å²) < 4.78 is 15.8. The number of nitrogens with zero attached hydrogens (tertiary/aromatic N) is 3. The van der Waals surface area contributed by atoms with Crippen LogP contribution in [0.4, 0.5) is 5.82 Å². The van der Waals surface area contributed by atoms with Crippen molar-refractivity contribution in [3.05, 3.63) is 70.9 Å². The van der Waals surface area contributed by atoms with Crippen molar-refractivity contribution >= 4 is 23.5 Å². The van der Waals surface area contributed by atoms with Gasteiger partial charge in [0.25, 0.3) is 0 Å². The highest BCUT2D eigenvalue weighted by Gasteiger charge is 2.15. The average Bonchev–Trinajstić information content (AvgIpc) is 2.81. The van der Waals surface area contributed by atoms with Crippen LogP contribution in [0.1, 0.15) is 27.2 Å². The van der Waals surface area contributed by atoms with Gasteiger partial charge in [0.15, 0.2) is 16.7 Å². The van der Waals surface area contributed by atoms with Gasteiger partial charge >= 0.3 is 5.97 Å². The van der Waals surface area contributed by atoms with E-state index in [0.29, 0.717) is 33.7 Å². The largest absolute Gasteiger partial charge is 0.493 e. The highest BCUT2D eigenvalue weighted by Crippen LogP contribution is 2.28. The molecule has 0 unspecified atom stereocenters.